The molecule has 1 atom stereocenters. The van der Waals surface area contributed by atoms with Crippen molar-refractivity contribution >= 4 is 0 Å². The largest absolute Gasteiger partial charge is 0.324 e. The van der Waals surface area contributed by atoms with E-state index in [0.29, 0.717) is 0 Å². The van der Waals surface area contributed by atoms with Crippen molar-refractivity contribution in [2.75, 3.05) is 0 Å². The van der Waals surface area contributed by atoms with Crippen LogP contribution in [0.3, 0.4) is 0 Å². The molecule has 17 heavy (non-hydrogen) atoms. The Morgan fingerprint density at radius 1 is 0.882 bits per heavy atom. The summed E-state index contributed by atoms with van der Waals surface area (Å²) in [6.07, 6.45) is 0. The van der Waals surface area contributed by atoms with Crippen molar-refractivity contribution in [2.45, 2.75) is 26.8 Å². The standard InChI is InChI=1S/C16H19N/c1-11-7-8-16(9-12(11)2)15-6-4-5-14(10-15)13(3)17/h4-10,13H,17H2,1-3H3. The number of nitrogens with two attached hydrogens (primary N) is 1. The first-order chi connectivity index (χ1) is 8.08. The molecule has 0 aliphatic heterocycles. The van der Waals surface area contributed by atoms with Gasteiger partial charge in [0.25, 0.3) is 0 Å². The summed E-state index contributed by atoms with van der Waals surface area (Å²) in [6, 6.07) is 15.1. The maximum absolute atomic E-state index is 5.91. The maximum Gasteiger partial charge on any atom is 0.0266 e. The molecule has 2 rings (SSSR count). The smallest absolute Gasteiger partial charge is 0.0266 e. The van der Waals surface area contributed by atoms with E-state index in [9.17, 15) is 0 Å². The molecule has 0 aliphatic carbocycles. The maximum atomic E-state index is 5.91. The van der Waals surface area contributed by atoms with Crippen LogP contribution in [0.25, 0.3) is 11.1 Å². The van der Waals surface area contributed by atoms with Crippen molar-refractivity contribution in [1.82, 2.24) is 0 Å². The minimum Gasteiger partial charge on any atom is -0.324 e. The predicted octanol–water partition coefficient (Wildman–Crippen LogP) is 3.99. The molecule has 1 nitrogen and oxygen atoms in total. The van der Waals surface area contributed by atoms with E-state index in [4.69, 9.17) is 5.73 Å². The van der Waals surface area contributed by atoms with Crippen LogP contribution in [0.4, 0.5) is 0 Å². The summed E-state index contributed by atoms with van der Waals surface area (Å²) in [5.41, 5.74) is 12.3. The first-order valence-corrected chi connectivity index (χ1v) is 6.01. The fourth-order valence-corrected chi connectivity index (χ4v) is 1.92. The Morgan fingerprint density at radius 2 is 1.59 bits per heavy atom. The summed E-state index contributed by atoms with van der Waals surface area (Å²) in [6.45, 7) is 6.30. The van der Waals surface area contributed by atoms with Crippen molar-refractivity contribution in [3.8, 4) is 11.1 Å². The Labute approximate surface area is 103 Å². The van der Waals surface area contributed by atoms with Gasteiger partial charge in [-0.3, -0.25) is 0 Å². The lowest BCUT2D eigenvalue weighted by Gasteiger charge is -2.09. The Morgan fingerprint density at radius 3 is 2.24 bits per heavy atom. The van der Waals surface area contributed by atoms with E-state index in [1.54, 1.807) is 0 Å². The SMILES string of the molecule is Cc1ccc(-c2cccc(C(C)N)c2)cc1C. The molecule has 88 valence electrons. The second kappa shape index (κ2) is 4.72. The average Bonchev–Trinajstić information content (AvgIpc) is 2.33. The molecule has 0 heterocycles. The topological polar surface area (TPSA) is 26.0 Å². The molecule has 0 aromatic heterocycles. The van der Waals surface area contributed by atoms with Gasteiger partial charge >= 0.3 is 0 Å². The Hall–Kier alpha value is -1.60. The van der Waals surface area contributed by atoms with Gasteiger partial charge < -0.3 is 5.73 Å². The molecular formula is C16H19N. The van der Waals surface area contributed by atoms with E-state index < -0.39 is 0 Å². The van der Waals surface area contributed by atoms with Crippen LogP contribution in [0.2, 0.25) is 0 Å². The highest BCUT2D eigenvalue weighted by Crippen LogP contribution is 2.24. The second-order valence-electron chi connectivity index (χ2n) is 4.71. The Bertz CT molecular complexity index is 527. The third-order valence-electron chi connectivity index (χ3n) is 3.25. The molecular weight excluding hydrogens is 206 g/mol. The molecule has 0 fully saturated rings. The van der Waals surface area contributed by atoms with Gasteiger partial charge in [-0.15, -0.1) is 0 Å². The summed E-state index contributed by atoms with van der Waals surface area (Å²) < 4.78 is 0. The van der Waals surface area contributed by atoms with Crippen LogP contribution in [0.15, 0.2) is 42.5 Å². The van der Waals surface area contributed by atoms with Crippen LogP contribution >= 0.6 is 0 Å². The summed E-state index contributed by atoms with van der Waals surface area (Å²) in [4.78, 5) is 0. The average molecular weight is 225 g/mol. The normalized spacial score (nSPS) is 12.5. The predicted molar refractivity (Wildman–Crippen MR) is 74.0 cm³/mol. The highest BCUT2D eigenvalue weighted by atomic mass is 14.6. The van der Waals surface area contributed by atoms with Crippen LogP contribution in [0, 0.1) is 13.8 Å². The molecule has 2 N–H and O–H groups in total. The van der Waals surface area contributed by atoms with Gasteiger partial charge in [-0.1, -0.05) is 36.4 Å². The highest BCUT2D eigenvalue weighted by Gasteiger charge is 2.03. The van der Waals surface area contributed by atoms with Crippen molar-refractivity contribution in [1.29, 1.82) is 0 Å². The van der Waals surface area contributed by atoms with Crippen molar-refractivity contribution in [3.63, 3.8) is 0 Å². The number of benzene rings is 2. The van der Waals surface area contributed by atoms with Gasteiger partial charge in [-0.25, -0.2) is 0 Å². The van der Waals surface area contributed by atoms with Gasteiger partial charge in [0.2, 0.25) is 0 Å². The van der Waals surface area contributed by atoms with Gasteiger partial charge in [0.15, 0.2) is 0 Å². The fourth-order valence-electron chi connectivity index (χ4n) is 1.92. The molecule has 0 aliphatic rings. The Kier molecular flexibility index (Phi) is 3.30. The summed E-state index contributed by atoms with van der Waals surface area (Å²) in [7, 11) is 0. The minimum absolute atomic E-state index is 0.0847. The molecule has 0 amide bonds. The van der Waals surface area contributed by atoms with Crippen LogP contribution in [0.5, 0.6) is 0 Å². The first-order valence-electron chi connectivity index (χ1n) is 6.01. The van der Waals surface area contributed by atoms with Gasteiger partial charge in [0, 0.05) is 6.04 Å². The Balaban J connectivity index is 2.45. The van der Waals surface area contributed by atoms with E-state index in [2.05, 4.69) is 56.3 Å². The number of hydrogen-bond acceptors (Lipinski definition) is 1. The van der Waals surface area contributed by atoms with Gasteiger partial charge in [-0.2, -0.15) is 0 Å². The molecule has 1 heteroatoms. The third-order valence-corrected chi connectivity index (χ3v) is 3.25. The lowest BCUT2D eigenvalue weighted by atomic mass is 9.98. The van der Waals surface area contributed by atoms with E-state index in [-0.39, 0.29) is 6.04 Å². The first kappa shape index (κ1) is 11.9. The van der Waals surface area contributed by atoms with Crippen LogP contribution in [-0.2, 0) is 0 Å². The molecule has 0 spiro atoms. The highest BCUT2D eigenvalue weighted by molar-refractivity contribution is 5.65. The monoisotopic (exact) mass is 225 g/mol. The molecule has 2 aromatic rings. The van der Waals surface area contributed by atoms with Gasteiger partial charge in [-0.05, 0) is 54.7 Å². The van der Waals surface area contributed by atoms with Crippen molar-refractivity contribution in [2.24, 2.45) is 5.73 Å². The van der Waals surface area contributed by atoms with E-state index in [0.717, 1.165) is 0 Å². The summed E-state index contributed by atoms with van der Waals surface area (Å²) in [5, 5.41) is 0. The van der Waals surface area contributed by atoms with E-state index in [1.165, 1.54) is 27.8 Å². The fraction of sp³-hybridized carbons (Fsp3) is 0.250. The zero-order chi connectivity index (χ0) is 12.4. The van der Waals surface area contributed by atoms with Crippen LogP contribution in [-0.4, -0.2) is 0 Å². The lowest BCUT2D eigenvalue weighted by molar-refractivity contribution is 0.819. The second-order valence-corrected chi connectivity index (χ2v) is 4.71. The molecule has 0 saturated heterocycles. The summed E-state index contributed by atoms with van der Waals surface area (Å²) >= 11 is 0. The molecule has 1 unspecified atom stereocenters. The third kappa shape index (κ3) is 2.56. The molecule has 0 saturated carbocycles. The summed E-state index contributed by atoms with van der Waals surface area (Å²) in [5.74, 6) is 0. The van der Waals surface area contributed by atoms with Crippen LogP contribution < -0.4 is 5.73 Å². The number of aryl methyl sites for hydroxylation is 2. The zero-order valence-corrected chi connectivity index (χ0v) is 10.7. The van der Waals surface area contributed by atoms with Gasteiger partial charge in [0.05, 0.1) is 0 Å². The molecule has 2 aromatic carbocycles. The van der Waals surface area contributed by atoms with Crippen molar-refractivity contribution < 1.29 is 0 Å². The number of rotatable bonds is 2. The quantitative estimate of drug-likeness (QED) is 0.821. The molecule has 0 radical (unpaired) electrons. The number of hydrogen-bond donors (Lipinski definition) is 1. The van der Waals surface area contributed by atoms with Crippen molar-refractivity contribution in [3.05, 3.63) is 59.2 Å². The van der Waals surface area contributed by atoms with E-state index in [1.807, 2.05) is 6.92 Å². The van der Waals surface area contributed by atoms with Gasteiger partial charge in [0.1, 0.15) is 0 Å². The lowest BCUT2D eigenvalue weighted by Crippen LogP contribution is -2.04. The molecule has 0 bridgehead atoms. The zero-order valence-electron chi connectivity index (χ0n) is 10.7. The van der Waals surface area contributed by atoms with Crippen LogP contribution in [0.1, 0.15) is 29.7 Å². The minimum atomic E-state index is 0.0847. The van der Waals surface area contributed by atoms with E-state index >= 15 is 0 Å².